The molecule has 3 rings (SSSR count). The van der Waals surface area contributed by atoms with Gasteiger partial charge >= 0.3 is 0 Å². The van der Waals surface area contributed by atoms with Crippen LogP contribution in [-0.2, 0) is 11.2 Å². The maximum Gasteiger partial charge on any atom is 0.133 e. The Morgan fingerprint density at radius 3 is 3.09 bits per heavy atom. The molecule has 3 heteroatoms. The van der Waals surface area contributed by atoms with Gasteiger partial charge in [0.15, 0.2) is 0 Å². The van der Waals surface area contributed by atoms with E-state index in [-0.39, 0.29) is 0 Å². The first-order valence-corrected chi connectivity index (χ1v) is 9.14. The number of fused-ring (bicyclic) bond motifs is 1. The van der Waals surface area contributed by atoms with Crippen LogP contribution in [0.1, 0.15) is 56.6 Å². The minimum absolute atomic E-state index is 0.552. The second-order valence-electron chi connectivity index (χ2n) is 7.30. The van der Waals surface area contributed by atoms with Crippen LogP contribution in [0.5, 0.6) is 5.75 Å². The fourth-order valence-corrected chi connectivity index (χ4v) is 4.33. The van der Waals surface area contributed by atoms with E-state index < -0.39 is 0 Å². The molecule has 1 aromatic rings. The molecule has 3 atom stereocenters. The molecule has 2 aliphatic heterocycles. The summed E-state index contributed by atoms with van der Waals surface area (Å²) in [6.45, 7) is 7.01. The molecule has 0 N–H and O–H groups in total. The van der Waals surface area contributed by atoms with Gasteiger partial charge in [-0.1, -0.05) is 38.8 Å². The average molecular weight is 315 g/mol. The second kappa shape index (κ2) is 7.48. The quantitative estimate of drug-likeness (QED) is 0.717. The first-order valence-electron chi connectivity index (χ1n) is 9.14. The van der Waals surface area contributed by atoms with E-state index in [1.807, 2.05) is 0 Å². The van der Waals surface area contributed by atoms with Gasteiger partial charge in [0.05, 0.1) is 13.2 Å². The zero-order chi connectivity index (χ0) is 16.2. The highest BCUT2D eigenvalue weighted by Crippen LogP contribution is 2.37. The summed E-state index contributed by atoms with van der Waals surface area (Å²) in [5, 5.41) is 0. The summed E-state index contributed by atoms with van der Waals surface area (Å²) in [6.07, 6.45) is 7.02. The van der Waals surface area contributed by atoms with Crippen LogP contribution in [-0.4, -0.2) is 36.9 Å². The zero-order valence-corrected chi connectivity index (χ0v) is 14.5. The molecule has 126 valence electrons. The molecule has 0 aliphatic carbocycles. The first kappa shape index (κ1) is 16.5. The number of carbonyl (C=O) groups excluding carboxylic acids is 1. The van der Waals surface area contributed by atoms with Crippen molar-refractivity contribution in [2.45, 2.75) is 57.9 Å². The molecule has 1 saturated heterocycles. The Bertz CT molecular complexity index is 542. The molecule has 1 aromatic carbocycles. The minimum atomic E-state index is 0.552. The van der Waals surface area contributed by atoms with Crippen LogP contribution in [0.15, 0.2) is 18.2 Å². The number of aldehydes is 1. The molecule has 1 fully saturated rings. The monoisotopic (exact) mass is 315 g/mol. The maximum atomic E-state index is 11.1. The lowest BCUT2D eigenvalue weighted by molar-refractivity contribution is -0.109. The summed E-state index contributed by atoms with van der Waals surface area (Å²) in [5.41, 5.74) is 2.78. The maximum absolute atomic E-state index is 11.1. The molecule has 2 heterocycles. The smallest absolute Gasteiger partial charge is 0.133 e. The molecular weight excluding hydrogens is 286 g/mol. The van der Waals surface area contributed by atoms with E-state index in [9.17, 15) is 4.79 Å². The normalized spacial score (nSPS) is 25.1. The van der Waals surface area contributed by atoms with E-state index >= 15 is 0 Å². The molecule has 23 heavy (non-hydrogen) atoms. The largest absolute Gasteiger partial charge is 0.493 e. The van der Waals surface area contributed by atoms with E-state index in [1.54, 1.807) is 0 Å². The fraction of sp³-hybridized carbons (Fsp3) is 0.650. The predicted octanol–water partition coefficient (Wildman–Crippen LogP) is 3.80. The van der Waals surface area contributed by atoms with Gasteiger partial charge in [0, 0.05) is 19.0 Å². The molecule has 2 aliphatic rings. The van der Waals surface area contributed by atoms with Gasteiger partial charge in [-0.3, -0.25) is 4.90 Å². The number of ether oxygens (including phenoxy) is 1. The Hall–Kier alpha value is -1.35. The number of likely N-dealkylation sites (tertiary alicyclic amines) is 1. The lowest BCUT2D eigenvalue weighted by atomic mass is 9.90. The van der Waals surface area contributed by atoms with E-state index in [0.29, 0.717) is 18.5 Å². The highest BCUT2D eigenvalue weighted by molar-refractivity contribution is 5.52. The van der Waals surface area contributed by atoms with Gasteiger partial charge in [-0.05, 0) is 41.9 Å². The van der Waals surface area contributed by atoms with Gasteiger partial charge in [-0.25, -0.2) is 0 Å². The summed E-state index contributed by atoms with van der Waals surface area (Å²) in [6, 6.07) is 7.25. The molecule has 3 unspecified atom stereocenters. The molecule has 0 radical (unpaired) electrons. The van der Waals surface area contributed by atoms with Gasteiger partial charge in [-0.15, -0.1) is 0 Å². The van der Waals surface area contributed by atoms with Crippen LogP contribution in [0.4, 0.5) is 0 Å². The summed E-state index contributed by atoms with van der Waals surface area (Å²) >= 11 is 0. The third kappa shape index (κ3) is 3.77. The molecular formula is C20H29NO2. The number of nitrogens with zero attached hydrogens (tertiary/aromatic N) is 1. The first-order chi connectivity index (χ1) is 11.2. The third-order valence-electron chi connectivity index (χ3n) is 5.48. The van der Waals surface area contributed by atoms with Gasteiger partial charge in [0.2, 0.25) is 0 Å². The van der Waals surface area contributed by atoms with E-state index in [4.69, 9.17) is 4.74 Å². The number of hydrogen-bond donors (Lipinski definition) is 0. The van der Waals surface area contributed by atoms with Crippen molar-refractivity contribution < 1.29 is 9.53 Å². The summed E-state index contributed by atoms with van der Waals surface area (Å²) < 4.78 is 5.62. The van der Waals surface area contributed by atoms with Gasteiger partial charge < -0.3 is 9.53 Å². The van der Waals surface area contributed by atoms with Crippen molar-refractivity contribution in [3.8, 4) is 5.75 Å². The number of hydrogen-bond acceptors (Lipinski definition) is 3. The Balaban J connectivity index is 1.70. The van der Waals surface area contributed by atoms with E-state index in [2.05, 4.69) is 36.9 Å². The lowest BCUT2D eigenvalue weighted by Gasteiger charge is -2.24. The van der Waals surface area contributed by atoms with Crippen molar-refractivity contribution >= 4 is 6.29 Å². The number of carbonyl (C=O) groups is 1. The highest BCUT2D eigenvalue weighted by Gasteiger charge is 2.33. The van der Waals surface area contributed by atoms with Gasteiger partial charge in [-0.2, -0.15) is 0 Å². The molecule has 0 amide bonds. The van der Waals surface area contributed by atoms with Crippen LogP contribution >= 0.6 is 0 Å². The Morgan fingerprint density at radius 1 is 1.43 bits per heavy atom. The van der Waals surface area contributed by atoms with Gasteiger partial charge in [0.25, 0.3) is 0 Å². The lowest BCUT2D eigenvalue weighted by Crippen LogP contribution is -2.32. The van der Waals surface area contributed by atoms with Crippen molar-refractivity contribution in [2.75, 3.05) is 19.7 Å². The van der Waals surface area contributed by atoms with Crippen molar-refractivity contribution in [3.05, 3.63) is 29.3 Å². The summed E-state index contributed by atoms with van der Waals surface area (Å²) in [4.78, 5) is 13.5. The predicted molar refractivity (Wildman–Crippen MR) is 93.1 cm³/mol. The minimum Gasteiger partial charge on any atom is -0.493 e. The van der Waals surface area contributed by atoms with Crippen LogP contribution in [0.3, 0.4) is 0 Å². The molecule has 0 bridgehead atoms. The van der Waals surface area contributed by atoms with Crippen molar-refractivity contribution in [1.82, 2.24) is 4.90 Å². The van der Waals surface area contributed by atoms with Crippen LogP contribution in [0, 0.1) is 5.92 Å². The molecule has 3 nitrogen and oxygen atoms in total. The van der Waals surface area contributed by atoms with Crippen molar-refractivity contribution in [1.29, 1.82) is 0 Å². The van der Waals surface area contributed by atoms with Crippen LogP contribution < -0.4 is 4.74 Å². The van der Waals surface area contributed by atoms with Crippen LogP contribution in [0.2, 0.25) is 0 Å². The topological polar surface area (TPSA) is 29.5 Å². The SMILES string of the molecule is CCCC(C)CC1CC(c2ccc3c(c2)CCO3)CN1CC=O. The van der Waals surface area contributed by atoms with E-state index in [0.717, 1.165) is 37.5 Å². The average Bonchev–Trinajstić information content (AvgIpc) is 3.14. The molecule has 0 spiro atoms. The summed E-state index contributed by atoms with van der Waals surface area (Å²) in [5.74, 6) is 2.36. The molecule has 0 saturated carbocycles. The second-order valence-corrected chi connectivity index (χ2v) is 7.30. The Labute approximate surface area is 140 Å². The number of rotatable bonds is 7. The fourth-order valence-electron chi connectivity index (χ4n) is 4.33. The van der Waals surface area contributed by atoms with E-state index in [1.165, 1.54) is 36.8 Å². The zero-order valence-electron chi connectivity index (χ0n) is 14.5. The Morgan fingerprint density at radius 2 is 2.30 bits per heavy atom. The number of benzene rings is 1. The van der Waals surface area contributed by atoms with Crippen molar-refractivity contribution in [3.63, 3.8) is 0 Å². The van der Waals surface area contributed by atoms with Crippen LogP contribution in [0.25, 0.3) is 0 Å². The standard InChI is InChI=1S/C20H29NO2/c1-3-4-15(2)11-19-13-18(14-21(19)8-9-22)16-5-6-20-17(12-16)7-10-23-20/h5-6,9,12,15,18-19H,3-4,7-8,10-11,13-14H2,1-2H3. The Kier molecular flexibility index (Phi) is 5.37. The third-order valence-corrected chi connectivity index (χ3v) is 5.48. The highest BCUT2D eigenvalue weighted by atomic mass is 16.5. The van der Waals surface area contributed by atoms with Crippen molar-refractivity contribution in [2.24, 2.45) is 5.92 Å². The van der Waals surface area contributed by atoms with Gasteiger partial charge in [0.1, 0.15) is 12.0 Å². The molecule has 0 aromatic heterocycles. The summed E-state index contributed by atoms with van der Waals surface area (Å²) in [7, 11) is 0.